The molecule has 1 radical (unpaired) electrons. The van der Waals surface area contributed by atoms with Crippen LogP contribution < -0.4 is 0 Å². The maximum Gasteiger partial charge on any atom is 0.433 e. The van der Waals surface area contributed by atoms with Crippen LogP contribution in [-0.2, 0) is 17.9 Å². The van der Waals surface area contributed by atoms with Crippen molar-refractivity contribution in [1.29, 1.82) is 0 Å². The Balaban J connectivity index is 2.93. The summed E-state index contributed by atoms with van der Waals surface area (Å²) in [5.41, 5.74) is -0.720. The van der Waals surface area contributed by atoms with Gasteiger partial charge in [-0.1, -0.05) is 6.07 Å². The molecule has 0 unspecified atom stereocenters. The first-order valence-electron chi connectivity index (χ1n) is 3.14. The molecule has 0 N–H and O–H groups in total. The molecule has 0 bridgehead atoms. The standard InChI is InChI=1S/C7H5F3NO/c8-7(9,10)6-2-1-5(4-12)3-11-6/h1-3H,4H2. The van der Waals surface area contributed by atoms with Crippen LogP contribution in [-0.4, -0.2) is 4.98 Å². The van der Waals surface area contributed by atoms with Crippen molar-refractivity contribution < 1.29 is 18.3 Å². The molecular weight excluding hydrogens is 171 g/mol. The van der Waals surface area contributed by atoms with Crippen molar-refractivity contribution in [2.24, 2.45) is 0 Å². The first-order chi connectivity index (χ1) is 5.54. The van der Waals surface area contributed by atoms with E-state index in [0.29, 0.717) is 0 Å². The summed E-state index contributed by atoms with van der Waals surface area (Å²) in [5, 5.41) is 10.2. The molecule has 0 aliphatic heterocycles. The van der Waals surface area contributed by atoms with Gasteiger partial charge in [-0.15, -0.1) is 0 Å². The van der Waals surface area contributed by atoms with Gasteiger partial charge < -0.3 is 0 Å². The van der Waals surface area contributed by atoms with E-state index in [1.54, 1.807) is 0 Å². The second-order valence-corrected chi connectivity index (χ2v) is 2.19. The summed E-state index contributed by atoms with van der Waals surface area (Å²) in [5.74, 6) is 0. The summed E-state index contributed by atoms with van der Waals surface area (Å²) in [6.45, 7) is -0.550. The highest BCUT2D eigenvalue weighted by Crippen LogP contribution is 2.27. The number of hydrogen-bond donors (Lipinski definition) is 0. The van der Waals surface area contributed by atoms with Crippen LogP contribution in [0.3, 0.4) is 0 Å². The van der Waals surface area contributed by atoms with E-state index in [-0.39, 0.29) is 5.56 Å². The minimum absolute atomic E-state index is 0.253. The van der Waals surface area contributed by atoms with Crippen LogP contribution in [0, 0.1) is 0 Å². The molecule has 0 aliphatic carbocycles. The number of alkyl halides is 3. The van der Waals surface area contributed by atoms with Gasteiger partial charge in [-0.2, -0.15) is 13.2 Å². The SMILES string of the molecule is [O]Cc1ccc(C(F)(F)F)nc1. The molecule has 1 rings (SSSR count). The van der Waals surface area contributed by atoms with E-state index in [2.05, 4.69) is 4.98 Å². The van der Waals surface area contributed by atoms with E-state index in [1.807, 2.05) is 0 Å². The quantitative estimate of drug-likeness (QED) is 0.644. The number of halogens is 3. The summed E-state index contributed by atoms with van der Waals surface area (Å²) in [7, 11) is 0. The van der Waals surface area contributed by atoms with Crippen LogP contribution >= 0.6 is 0 Å². The van der Waals surface area contributed by atoms with E-state index in [1.165, 1.54) is 0 Å². The summed E-state index contributed by atoms with van der Waals surface area (Å²) in [6.07, 6.45) is -3.49. The van der Waals surface area contributed by atoms with Crippen LogP contribution in [0.5, 0.6) is 0 Å². The monoisotopic (exact) mass is 176 g/mol. The smallest absolute Gasteiger partial charge is 0.251 e. The Morgan fingerprint density at radius 2 is 2.00 bits per heavy atom. The topological polar surface area (TPSA) is 32.8 Å². The molecule has 1 aromatic heterocycles. The third kappa shape index (κ3) is 1.94. The second kappa shape index (κ2) is 3.10. The lowest BCUT2D eigenvalue weighted by atomic mass is 10.2. The normalized spacial score (nSPS) is 11.7. The van der Waals surface area contributed by atoms with Gasteiger partial charge in [0, 0.05) is 6.20 Å². The molecule has 2 nitrogen and oxygen atoms in total. The Bertz CT molecular complexity index is 254. The van der Waals surface area contributed by atoms with E-state index < -0.39 is 18.5 Å². The highest BCUT2D eigenvalue weighted by molar-refractivity contribution is 5.14. The van der Waals surface area contributed by atoms with E-state index in [4.69, 9.17) is 0 Å². The maximum absolute atomic E-state index is 11.9. The van der Waals surface area contributed by atoms with Crippen molar-refractivity contribution in [1.82, 2.24) is 4.98 Å². The summed E-state index contributed by atoms with van der Waals surface area (Å²) in [6, 6.07) is 1.93. The van der Waals surface area contributed by atoms with Crippen molar-refractivity contribution in [2.75, 3.05) is 0 Å². The highest BCUT2D eigenvalue weighted by Gasteiger charge is 2.31. The predicted molar refractivity (Wildman–Crippen MR) is 33.6 cm³/mol. The van der Waals surface area contributed by atoms with Crippen molar-refractivity contribution in [3.8, 4) is 0 Å². The first-order valence-corrected chi connectivity index (χ1v) is 3.14. The molecule has 65 valence electrons. The largest absolute Gasteiger partial charge is 0.433 e. The van der Waals surface area contributed by atoms with Crippen molar-refractivity contribution >= 4 is 0 Å². The lowest BCUT2D eigenvalue weighted by Gasteiger charge is -2.04. The van der Waals surface area contributed by atoms with Gasteiger partial charge in [0.1, 0.15) is 12.3 Å². The Labute approximate surface area is 66.7 Å². The molecule has 0 spiro atoms. The molecule has 0 amide bonds. The van der Waals surface area contributed by atoms with Gasteiger partial charge in [0.05, 0.1) is 0 Å². The molecule has 0 saturated carbocycles. The second-order valence-electron chi connectivity index (χ2n) is 2.19. The van der Waals surface area contributed by atoms with Gasteiger partial charge in [0.15, 0.2) is 0 Å². The summed E-state index contributed by atoms with van der Waals surface area (Å²) in [4.78, 5) is 3.10. The molecule has 0 aromatic carbocycles. The predicted octanol–water partition coefficient (Wildman–Crippen LogP) is 2.03. The zero-order valence-electron chi connectivity index (χ0n) is 5.93. The molecule has 0 fully saturated rings. The summed E-state index contributed by atoms with van der Waals surface area (Å²) >= 11 is 0. The number of rotatable bonds is 1. The van der Waals surface area contributed by atoms with Crippen LogP contribution in [0.25, 0.3) is 0 Å². The number of hydrogen-bond acceptors (Lipinski definition) is 1. The molecule has 5 heteroatoms. The average Bonchev–Trinajstić information content (AvgIpc) is 2.03. The molecule has 0 saturated heterocycles. The van der Waals surface area contributed by atoms with Gasteiger partial charge in [-0.3, -0.25) is 4.98 Å². The number of pyridine rings is 1. The fourth-order valence-electron chi connectivity index (χ4n) is 0.678. The van der Waals surface area contributed by atoms with Crippen LogP contribution in [0.2, 0.25) is 0 Å². The Hall–Kier alpha value is -1.10. The van der Waals surface area contributed by atoms with Gasteiger partial charge in [0.2, 0.25) is 0 Å². The van der Waals surface area contributed by atoms with Crippen LogP contribution in [0.15, 0.2) is 18.3 Å². The lowest BCUT2D eigenvalue weighted by Crippen LogP contribution is -2.07. The summed E-state index contributed by atoms with van der Waals surface area (Å²) < 4.78 is 35.6. The Morgan fingerprint density at radius 3 is 2.33 bits per heavy atom. The molecular formula is C7H5F3NO. The van der Waals surface area contributed by atoms with Crippen molar-refractivity contribution in [2.45, 2.75) is 12.8 Å². The van der Waals surface area contributed by atoms with E-state index in [0.717, 1.165) is 18.3 Å². The van der Waals surface area contributed by atoms with Crippen LogP contribution in [0.1, 0.15) is 11.3 Å². The molecule has 1 aromatic rings. The van der Waals surface area contributed by atoms with Gasteiger partial charge in [-0.05, 0) is 11.6 Å². The average molecular weight is 176 g/mol. The minimum atomic E-state index is -4.43. The lowest BCUT2D eigenvalue weighted by molar-refractivity contribution is -0.141. The Morgan fingerprint density at radius 1 is 1.33 bits per heavy atom. The van der Waals surface area contributed by atoms with Crippen LogP contribution in [0.4, 0.5) is 13.2 Å². The molecule has 12 heavy (non-hydrogen) atoms. The number of aromatic nitrogens is 1. The van der Waals surface area contributed by atoms with Gasteiger partial charge >= 0.3 is 6.18 Å². The first kappa shape index (κ1) is 8.99. The third-order valence-electron chi connectivity index (χ3n) is 1.28. The van der Waals surface area contributed by atoms with Crippen molar-refractivity contribution in [3.63, 3.8) is 0 Å². The Kier molecular flexibility index (Phi) is 2.32. The fraction of sp³-hybridized carbons (Fsp3) is 0.286. The van der Waals surface area contributed by atoms with Gasteiger partial charge in [-0.25, -0.2) is 5.11 Å². The van der Waals surface area contributed by atoms with Crippen molar-refractivity contribution in [3.05, 3.63) is 29.6 Å². The van der Waals surface area contributed by atoms with Gasteiger partial charge in [0.25, 0.3) is 0 Å². The zero-order valence-corrected chi connectivity index (χ0v) is 5.93. The molecule has 0 atom stereocenters. The van der Waals surface area contributed by atoms with E-state index in [9.17, 15) is 18.3 Å². The highest BCUT2D eigenvalue weighted by atomic mass is 19.4. The number of nitrogens with zero attached hydrogens (tertiary/aromatic N) is 1. The minimum Gasteiger partial charge on any atom is -0.251 e. The molecule has 0 aliphatic rings. The maximum atomic E-state index is 11.9. The van der Waals surface area contributed by atoms with E-state index >= 15 is 0 Å². The molecule has 1 heterocycles. The zero-order chi connectivity index (χ0) is 9.19. The third-order valence-corrected chi connectivity index (χ3v) is 1.28. The fourth-order valence-corrected chi connectivity index (χ4v) is 0.678.